The van der Waals surface area contributed by atoms with E-state index in [2.05, 4.69) is 10.3 Å². The van der Waals surface area contributed by atoms with Gasteiger partial charge in [0.05, 0.1) is 34.1 Å². The van der Waals surface area contributed by atoms with Crippen LogP contribution in [0.2, 0.25) is 10.0 Å². The maximum absolute atomic E-state index is 10.3. The topological polar surface area (TPSA) is 110 Å². The molecule has 1 unspecified atom stereocenters. The molecule has 0 radical (unpaired) electrons. The number of rotatable bonds is 17. The molecule has 0 saturated carbocycles. The van der Waals surface area contributed by atoms with Gasteiger partial charge in [-0.15, -0.1) is 0 Å². The summed E-state index contributed by atoms with van der Waals surface area (Å²) in [5.41, 5.74) is 7.61. The van der Waals surface area contributed by atoms with Crippen molar-refractivity contribution in [3.63, 3.8) is 0 Å². The number of halogens is 2. The van der Waals surface area contributed by atoms with Crippen LogP contribution >= 0.6 is 23.2 Å². The molecule has 0 fully saturated rings. The van der Waals surface area contributed by atoms with Gasteiger partial charge in [-0.25, -0.2) is 0 Å². The lowest BCUT2D eigenvalue weighted by atomic mass is 10.1. The molecule has 1 aromatic heterocycles. The number of pyridine rings is 1. The van der Waals surface area contributed by atoms with Crippen LogP contribution in [0.1, 0.15) is 49.5 Å². The lowest BCUT2D eigenvalue weighted by molar-refractivity contribution is 0.127. The molecule has 5 N–H and O–H groups in total. The van der Waals surface area contributed by atoms with Gasteiger partial charge in [0.25, 0.3) is 0 Å². The Labute approximate surface area is 206 Å². The van der Waals surface area contributed by atoms with Crippen LogP contribution in [0.5, 0.6) is 5.75 Å². The molecule has 0 aliphatic rings. The summed E-state index contributed by atoms with van der Waals surface area (Å²) in [5.74, 6) is 0.730. The Morgan fingerprint density at radius 1 is 1.03 bits per heavy atom. The van der Waals surface area contributed by atoms with Crippen LogP contribution in [-0.2, 0) is 11.2 Å². The first-order valence-electron chi connectivity index (χ1n) is 11.4. The van der Waals surface area contributed by atoms with Crippen LogP contribution in [-0.4, -0.2) is 54.7 Å². The Kier molecular flexibility index (Phi) is 13.5. The first kappa shape index (κ1) is 27.6. The van der Waals surface area contributed by atoms with Crippen LogP contribution in [0, 0.1) is 0 Å². The molecule has 1 heterocycles. The predicted octanol–water partition coefficient (Wildman–Crippen LogP) is 4.17. The number of hydrogen-bond donors (Lipinski definition) is 4. The minimum Gasteiger partial charge on any atom is -0.489 e. The van der Waals surface area contributed by atoms with Crippen LogP contribution in [0.4, 0.5) is 5.69 Å². The van der Waals surface area contributed by atoms with Crippen molar-refractivity contribution in [3.05, 3.63) is 51.8 Å². The molecule has 1 aromatic carbocycles. The number of unbranched alkanes of at least 4 members (excludes halogenated alkanes) is 3. The summed E-state index contributed by atoms with van der Waals surface area (Å²) < 4.78 is 11.2. The van der Waals surface area contributed by atoms with E-state index in [0.717, 1.165) is 63.1 Å². The first-order chi connectivity index (χ1) is 16.0. The zero-order valence-corrected chi connectivity index (χ0v) is 20.5. The van der Waals surface area contributed by atoms with E-state index in [4.69, 9.17) is 43.5 Å². The minimum absolute atomic E-state index is 0.0102. The molecule has 2 aromatic rings. The number of ether oxygens (including phenoxy) is 2. The van der Waals surface area contributed by atoms with Crippen molar-refractivity contribution in [3.8, 4) is 5.75 Å². The van der Waals surface area contributed by atoms with Crippen LogP contribution < -0.4 is 15.8 Å². The maximum atomic E-state index is 10.3. The van der Waals surface area contributed by atoms with E-state index >= 15 is 0 Å². The molecular formula is C24H35Cl2N3O4. The quantitative estimate of drug-likeness (QED) is 0.191. The molecule has 0 bridgehead atoms. The molecule has 0 aliphatic carbocycles. The van der Waals surface area contributed by atoms with Gasteiger partial charge in [0.2, 0.25) is 0 Å². The van der Waals surface area contributed by atoms with E-state index < -0.39 is 6.10 Å². The number of aliphatic hydroxyl groups excluding tert-OH is 2. The average Bonchev–Trinajstić information content (AvgIpc) is 2.82. The van der Waals surface area contributed by atoms with E-state index in [9.17, 15) is 5.11 Å². The molecule has 184 valence electrons. The normalized spacial score (nSPS) is 12.1. The number of aliphatic hydroxyl groups is 2. The highest BCUT2D eigenvalue weighted by atomic mass is 35.5. The van der Waals surface area contributed by atoms with Crippen molar-refractivity contribution in [2.45, 2.75) is 44.6 Å². The molecular weight excluding hydrogens is 465 g/mol. The lowest BCUT2D eigenvalue weighted by Crippen LogP contribution is -2.22. The Bertz CT molecular complexity index is 803. The number of hydrogen-bond acceptors (Lipinski definition) is 7. The number of nitrogens with zero attached hydrogens (tertiary/aromatic N) is 1. The fourth-order valence-electron chi connectivity index (χ4n) is 3.30. The van der Waals surface area contributed by atoms with Crippen molar-refractivity contribution in [2.75, 3.05) is 45.3 Å². The third-order valence-corrected chi connectivity index (χ3v) is 5.74. The number of aryl methyl sites for hydroxylation is 1. The van der Waals surface area contributed by atoms with Crippen molar-refractivity contribution < 1.29 is 19.7 Å². The summed E-state index contributed by atoms with van der Waals surface area (Å²) in [4.78, 5) is 4.35. The van der Waals surface area contributed by atoms with Crippen LogP contribution in [0.25, 0.3) is 0 Å². The highest BCUT2D eigenvalue weighted by Crippen LogP contribution is 2.31. The second kappa shape index (κ2) is 16.1. The van der Waals surface area contributed by atoms with Gasteiger partial charge >= 0.3 is 0 Å². The van der Waals surface area contributed by atoms with E-state index in [-0.39, 0.29) is 13.2 Å². The fourth-order valence-corrected chi connectivity index (χ4v) is 3.81. The molecule has 9 heteroatoms. The number of aromatic nitrogens is 1. The summed E-state index contributed by atoms with van der Waals surface area (Å²) in [5, 5.41) is 23.1. The van der Waals surface area contributed by atoms with Crippen molar-refractivity contribution in [1.29, 1.82) is 0 Å². The van der Waals surface area contributed by atoms with Crippen LogP contribution in [0.3, 0.4) is 0 Å². The second-order valence-corrected chi connectivity index (χ2v) is 8.58. The van der Waals surface area contributed by atoms with Gasteiger partial charge in [-0.05, 0) is 62.1 Å². The zero-order valence-electron chi connectivity index (χ0n) is 18.9. The summed E-state index contributed by atoms with van der Waals surface area (Å²) in [7, 11) is 0. The molecule has 0 amide bonds. The van der Waals surface area contributed by atoms with Crippen molar-refractivity contribution in [1.82, 2.24) is 10.3 Å². The standard InChI is InChI=1S/C24H35Cl2N3O4/c25-19-15-18(16-20(26)24(19)27)22(31)17-28-9-3-1-2-4-12-32-13-6-7-21-23(33-14-11-30)8-5-10-29-21/h5,8,10,15-16,22,28,30-31H,1-4,6-7,9,11-14,17,27H2. The second-order valence-electron chi connectivity index (χ2n) is 7.77. The highest BCUT2D eigenvalue weighted by Gasteiger charge is 2.12. The predicted molar refractivity (Wildman–Crippen MR) is 133 cm³/mol. The molecule has 7 nitrogen and oxygen atoms in total. The average molecular weight is 500 g/mol. The Morgan fingerprint density at radius 3 is 2.52 bits per heavy atom. The van der Waals surface area contributed by atoms with Gasteiger partial charge in [0.1, 0.15) is 12.4 Å². The molecule has 2 rings (SSSR count). The number of nitrogens with two attached hydrogens (primary N) is 1. The molecule has 0 aliphatic heterocycles. The Hall–Kier alpha value is -1.61. The molecule has 33 heavy (non-hydrogen) atoms. The van der Waals surface area contributed by atoms with Gasteiger partial charge < -0.3 is 30.7 Å². The number of benzene rings is 1. The highest BCUT2D eigenvalue weighted by molar-refractivity contribution is 6.38. The van der Waals surface area contributed by atoms with E-state index in [1.807, 2.05) is 12.1 Å². The van der Waals surface area contributed by atoms with Gasteiger partial charge in [-0.2, -0.15) is 0 Å². The van der Waals surface area contributed by atoms with Gasteiger partial charge in [-0.1, -0.05) is 36.0 Å². The number of nitrogen functional groups attached to an aromatic ring is 1. The van der Waals surface area contributed by atoms with E-state index in [1.165, 1.54) is 0 Å². The third-order valence-electron chi connectivity index (χ3n) is 5.12. The monoisotopic (exact) mass is 499 g/mol. The molecule has 0 saturated heterocycles. The summed E-state index contributed by atoms with van der Waals surface area (Å²) in [6.07, 6.45) is 7.00. The Balaban J connectivity index is 1.45. The van der Waals surface area contributed by atoms with E-state index in [1.54, 1.807) is 18.3 Å². The molecule has 0 spiro atoms. The minimum atomic E-state index is -0.683. The van der Waals surface area contributed by atoms with Crippen molar-refractivity contribution >= 4 is 28.9 Å². The number of nitrogens with one attached hydrogen (secondary N) is 1. The largest absolute Gasteiger partial charge is 0.489 e. The van der Waals surface area contributed by atoms with Gasteiger partial charge in [0, 0.05) is 26.0 Å². The smallest absolute Gasteiger partial charge is 0.140 e. The van der Waals surface area contributed by atoms with E-state index in [0.29, 0.717) is 34.4 Å². The summed E-state index contributed by atoms with van der Waals surface area (Å²) >= 11 is 12.0. The first-order valence-corrected chi connectivity index (χ1v) is 12.2. The van der Waals surface area contributed by atoms with Gasteiger partial charge in [0.15, 0.2) is 0 Å². The summed E-state index contributed by atoms with van der Waals surface area (Å²) in [6.45, 7) is 2.97. The summed E-state index contributed by atoms with van der Waals surface area (Å²) in [6, 6.07) is 7.00. The fraction of sp³-hybridized carbons (Fsp3) is 0.542. The van der Waals surface area contributed by atoms with Crippen LogP contribution in [0.15, 0.2) is 30.5 Å². The lowest BCUT2D eigenvalue weighted by Gasteiger charge is -2.14. The van der Waals surface area contributed by atoms with Gasteiger partial charge in [-0.3, -0.25) is 4.98 Å². The van der Waals surface area contributed by atoms with Crippen molar-refractivity contribution in [2.24, 2.45) is 0 Å². The Morgan fingerprint density at radius 2 is 1.76 bits per heavy atom. The zero-order chi connectivity index (χ0) is 23.9. The third kappa shape index (κ3) is 10.5. The number of anilines is 1. The SMILES string of the molecule is Nc1c(Cl)cc(C(O)CNCCCCCCOCCCc2ncccc2OCCO)cc1Cl. The maximum Gasteiger partial charge on any atom is 0.140 e. The molecule has 1 atom stereocenters.